The summed E-state index contributed by atoms with van der Waals surface area (Å²) in [6, 6.07) is 8.95. The second kappa shape index (κ2) is 6.85. The van der Waals surface area contributed by atoms with Crippen LogP contribution in [0.25, 0.3) is 0 Å². The van der Waals surface area contributed by atoms with Crippen LogP contribution in [0.5, 0.6) is 0 Å². The molecule has 2 aromatic rings. The summed E-state index contributed by atoms with van der Waals surface area (Å²) in [5, 5.41) is 2.73. The van der Waals surface area contributed by atoms with Crippen molar-refractivity contribution in [2.45, 2.75) is 27.0 Å². The number of hydrogen-bond acceptors (Lipinski definition) is 4. The van der Waals surface area contributed by atoms with E-state index in [9.17, 15) is 9.59 Å². The Hall–Kier alpha value is -2.69. The summed E-state index contributed by atoms with van der Waals surface area (Å²) >= 11 is 0. The van der Waals surface area contributed by atoms with Gasteiger partial charge in [0.05, 0.1) is 0 Å². The lowest BCUT2D eigenvalue weighted by atomic mass is 10.1. The normalized spacial score (nSPS) is 11.6. The van der Waals surface area contributed by atoms with Crippen molar-refractivity contribution < 1.29 is 14.3 Å². The Labute approximate surface area is 129 Å². The molecule has 1 aromatic heterocycles. The fourth-order valence-electron chi connectivity index (χ4n) is 2.19. The molecule has 0 aliphatic heterocycles. The summed E-state index contributed by atoms with van der Waals surface area (Å²) in [5.41, 5.74) is 3.18. The van der Waals surface area contributed by atoms with Gasteiger partial charge in [0.15, 0.2) is 0 Å². The SMILES string of the molecule is CC(=O)O[C@@H](NC(=O)c1cc(C)cc(C)c1)c1ccncc1. The zero-order valence-corrected chi connectivity index (χ0v) is 12.8. The number of pyridine rings is 1. The Balaban J connectivity index is 2.23. The number of ether oxygens (including phenoxy) is 1. The fourth-order valence-corrected chi connectivity index (χ4v) is 2.19. The number of benzene rings is 1. The van der Waals surface area contributed by atoms with Gasteiger partial charge in [0.25, 0.3) is 5.91 Å². The van der Waals surface area contributed by atoms with Crippen molar-refractivity contribution in [3.8, 4) is 0 Å². The first kappa shape index (κ1) is 15.7. The number of aryl methyl sites for hydroxylation is 2. The van der Waals surface area contributed by atoms with Crippen molar-refractivity contribution in [3.63, 3.8) is 0 Å². The topological polar surface area (TPSA) is 68.3 Å². The maximum atomic E-state index is 12.4. The summed E-state index contributed by atoms with van der Waals surface area (Å²) in [6.45, 7) is 5.16. The Morgan fingerprint density at radius 3 is 2.23 bits per heavy atom. The van der Waals surface area contributed by atoms with Crippen LogP contribution < -0.4 is 5.32 Å². The number of amides is 1. The third kappa shape index (κ3) is 4.15. The van der Waals surface area contributed by atoms with Gasteiger partial charge < -0.3 is 10.1 Å². The first-order valence-electron chi connectivity index (χ1n) is 6.92. The van der Waals surface area contributed by atoms with Gasteiger partial charge in [-0.3, -0.25) is 14.6 Å². The molecule has 5 heteroatoms. The highest BCUT2D eigenvalue weighted by atomic mass is 16.6. The molecular formula is C17H18N2O3. The van der Waals surface area contributed by atoms with E-state index in [0.717, 1.165) is 11.1 Å². The molecular weight excluding hydrogens is 280 g/mol. The van der Waals surface area contributed by atoms with E-state index in [1.54, 1.807) is 36.7 Å². The summed E-state index contributed by atoms with van der Waals surface area (Å²) in [6.07, 6.45) is 2.32. The number of esters is 1. The minimum atomic E-state index is -0.839. The second-order valence-electron chi connectivity index (χ2n) is 5.12. The summed E-state index contributed by atoms with van der Waals surface area (Å²) < 4.78 is 5.19. The molecule has 0 saturated carbocycles. The van der Waals surface area contributed by atoms with Crippen LogP contribution in [0, 0.1) is 13.8 Å². The Morgan fingerprint density at radius 1 is 1.09 bits per heavy atom. The highest BCUT2D eigenvalue weighted by Gasteiger charge is 2.18. The Kier molecular flexibility index (Phi) is 4.88. The van der Waals surface area contributed by atoms with Crippen LogP contribution in [0.3, 0.4) is 0 Å². The molecule has 0 bridgehead atoms. The second-order valence-corrected chi connectivity index (χ2v) is 5.12. The van der Waals surface area contributed by atoms with Crippen LogP contribution >= 0.6 is 0 Å². The minimum Gasteiger partial charge on any atom is -0.437 e. The minimum absolute atomic E-state index is 0.296. The number of carbonyl (C=O) groups is 2. The predicted octanol–water partition coefficient (Wildman–Crippen LogP) is 2.69. The van der Waals surface area contributed by atoms with Crippen molar-refractivity contribution >= 4 is 11.9 Å². The van der Waals surface area contributed by atoms with E-state index >= 15 is 0 Å². The standard InChI is InChI=1S/C17H18N2O3/c1-11-8-12(2)10-15(9-11)16(21)19-17(22-13(3)20)14-4-6-18-7-5-14/h4-10,17H,1-3H3,(H,19,21)/t17-/m1/s1. The van der Waals surface area contributed by atoms with E-state index in [4.69, 9.17) is 4.74 Å². The van der Waals surface area contributed by atoms with Gasteiger partial charge in [-0.1, -0.05) is 17.2 Å². The largest absolute Gasteiger partial charge is 0.437 e. The molecule has 0 radical (unpaired) electrons. The molecule has 1 N–H and O–H groups in total. The van der Waals surface area contributed by atoms with E-state index in [-0.39, 0.29) is 5.91 Å². The first-order valence-corrected chi connectivity index (χ1v) is 6.92. The molecule has 0 aliphatic carbocycles. The molecule has 1 aromatic carbocycles. The monoisotopic (exact) mass is 298 g/mol. The molecule has 0 aliphatic rings. The van der Waals surface area contributed by atoms with E-state index in [1.165, 1.54) is 6.92 Å². The molecule has 0 fully saturated rings. The zero-order chi connectivity index (χ0) is 16.1. The third-order valence-corrected chi connectivity index (χ3v) is 3.04. The van der Waals surface area contributed by atoms with Crippen LogP contribution in [0.2, 0.25) is 0 Å². The number of nitrogens with zero attached hydrogens (tertiary/aromatic N) is 1. The van der Waals surface area contributed by atoms with Gasteiger partial charge in [-0.15, -0.1) is 0 Å². The maximum Gasteiger partial charge on any atom is 0.304 e. The maximum absolute atomic E-state index is 12.4. The quantitative estimate of drug-likeness (QED) is 0.696. The van der Waals surface area contributed by atoms with Gasteiger partial charge in [-0.2, -0.15) is 0 Å². The lowest BCUT2D eigenvalue weighted by Crippen LogP contribution is -2.31. The summed E-state index contributed by atoms with van der Waals surface area (Å²) in [5.74, 6) is -0.766. The van der Waals surface area contributed by atoms with E-state index < -0.39 is 12.2 Å². The molecule has 0 unspecified atom stereocenters. The smallest absolute Gasteiger partial charge is 0.304 e. The highest BCUT2D eigenvalue weighted by Crippen LogP contribution is 2.16. The number of hydrogen-bond donors (Lipinski definition) is 1. The molecule has 1 heterocycles. The van der Waals surface area contributed by atoms with Crippen molar-refractivity contribution in [2.75, 3.05) is 0 Å². The van der Waals surface area contributed by atoms with Gasteiger partial charge in [0, 0.05) is 30.4 Å². The molecule has 114 valence electrons. The van der Waals surface area contributed by atoms with Gasteiger partial charge >= 0.3 is 5.97 Å². The number of aromatic nitrogens is 1. The average molecular weight is 298 g/mol. The summed E-state index contributed by atoms with van der Waals surface area (Å²) in [4.78, 5) is 27.6. The van der Waals surface area contributed by atoms with Gasteiger partial charge in [-0.05, 0) is 38.1 Å². The highest BCUT2D eigenvalue weighted by molar-refractivity contribution is 5.94. The number of rotatable bonds is 4. The van der Waals surface area contributed by atoms with E-state index in [1.807, 2.05) is 19.9 Å². The lowest BCUT2D eigenvalue weighted by Gasteiger charge is -2.19. The molecule has 0 spiro atoms. The van der Waals surface area contributed by atoms with Crippen LogP contribution in [0.4, 0.5) is 0 Å². The van der Waals surface area contributed by atoms with Crippen LogP contribution in [-0.2, 0) is 9.53 Å². The van der Waals surface area contributed by atoms with E-state index in [2.05, 4.69) is 10.3 Å². The Bertz CT molecular complexity index is 663. The van der Waals surface area contributed by atoms with E-state index in [0.29, 0.717) is 11.1 Å². The molecule has 2 rings (SSSR count). The number of carbonyl (C=O) groups excluding carboxylic acids is 2. The Morgan fingerprint density at radius 2 is 1.68 bits per heavy atom. The third-order valence-electron chi connectivity index (χ3n) is 3.04. The average Bonchev–Trinajstić information content (AvgIpc) is 2.46. The van der Waals surface area contributed by atoms with Gasteiger partial charge in [-0.25, -0.2) is 0 Å². The molecule has 0 saturated heterocycles. The van der Waals surface area contributed by atoms with Gasteiger partial charge in [0.1, 0.15) is 0 Å². The van der Waals surface area contributed by atoms with Crippen molar-refractivity contribution in [2.24, 2.45) is 0 Å². The molecule has 5 nitrogen and oxygen atoms in total. The van der Waals surface area contributed by atoms with Crippen LogP contribution in [0.15, 0.2) is 42.7 Å². The van der Waals surface area contributed by atoms with Crippen LogP contribution in [0.1, 0.15) is 40.2 Å². The summed E-state index contributed by atoms with van der Waals surface area (Å²) in [7, 11) is 0. The van der Waals surface area contributed by atoms with Crippen molar-refractivity contribution in [3.05, 3.63) is 65.0 Å². The molecule has 22 heavy (non-hydrogen) atoms. The molecule has 1 atom stereocenters. The van der Waals surface area contributed by atoms with Gasteiger partial charge in [0.2, 0.25) is 6.23 Å². The van der Waals surface area contributed by atoms with Crippen molar-refractivity contribution in [1.29, 1.82) is 0 Å². The van der Waals surface area contributed by atoms with Crippen LogP contribution in [-0.4, -0.2) is 16.9 Å². The lowest BCUT2D eigenvalue weighted by molar-refractivity contribution is -0.147. The predicted molar refractivity (Wildman–Crippen MR) is 82.1 cm³/mol. The number of nitrogens with one attached hydrogen (secondary N) is 1. The zero-order valence-electron chi connectivity index (χ0n) is 12.8. The molecule has 1 amide bonds. The fraction of sp³-hybridized carbons (Fsp3) is 0.235. The van der Waals surface area contributed by atoms with Crippen molar-refractivity contribution in [1.82, 2.24) is 10.3 Å². The first-order chi connectivity index (χ1) is 10.5.